The Kier molecular flexibility index (Phi) is 4.45. The molecule has 0 spiro atoms. The lowest BCUT2D eigenvalue weighted by molar-refractivity contribution is 0.0683. The molecule has 24 heavy (non-hydrogen) atoms. The number of carboxylic acid groups (broad SMARTS) is 1. The van der Waals surface area contributed by atoms with Crippen LogP contribution in [0.3, 0.4) is 0 Å². The Balaban J connectivity index is 1.92. The van der Waals surface area contributed by atoms with Gasteiger partial charge in [0.25, 0.3) is 0 Å². The van der Waals surface area contributed by atoms with E-state index in [2.05, 4.69) is 48.9 Å². The van der Waals surface area contributed by atoms with Gasteiger partial charge in [-0.1, -0.05) is 19.9 Å². The molecular formula is C19H20N2O2S. The summed E-state index contributed by atoms with van der Waals surface area (Å²) >= 11 is 1.92. The van der Waals surface area contributed by atoms with Crippen molar-refractivity contribution in [3.05, 3.63) is 53.1 Å². The number of nitrogens with zero attached hydrogens (tertiary/aromatic N) is 2. The lowest BCUT2D eigenvalue weighted by Gasteiger charge is -2.32. The van der Waals surface area contributed by atoms with E-state index in [1.807, 2.05) is 17.8 Å². The van der Waals surface area contributed by atoms with Gasteiger partial charge in [0.2, 0.25) is 5.82 Å². The number of benzene rings is 1. The molecule has 1 N–H and O–H groups in total. The zero-order chi connectivity index (χ0) is 17.3. The Morgan fingerprint density at radius 2 is 2.00 bits per heavy atom. The second-order valence-electron chi connectivity index (χ2n) is 6.67. The zero-order valence-corrected chi connectivity index (χ0v) is 14.9. The number of hydrogen-bond acceptors (Lipinski definition) is 4. The fraction of sp³-hybridized carbons (Fsp3) is 0.316. The Labute approximate surface area is 146 Å². The molecule has 3 rings (SSSR count). The average molecular weight is 340 g/mol. The summed E-state index contributed by atoms with van der Waals surface area (Å²) in [6.45, 7) is 6.65. The summed E-state index contributed by atoms with van der Waals surface area (Å²) in [7, 11) is 0. The Bertz CT molecular complexity index is 811. The van der Waals surface area contributed by atoms with E-state index in [4.69, 9.17) is 5.11 Å². The topological polar surface area (TPSA) is 63.1 Å². The van der Waals surface area contributed by atoms with Gasteiger partial charge in [-0.15, -0.1) is 11.8 Å². The number of aromatic nitrogens is 2. The number of rotatable bonds is 3. The molecule has 124 valence electrons. The maximum absolute atomic E-state index is 10.8. The van der Waals surface area contributed by atoms with Gasteiger partial charge in [-0.05, 0) is 59.4 Å². The van der Waals surface area contributed by atoms with Gasteiger partial charge < -0.3 is 5.11 Å². The first-order chi connectivity index (χ1) is 11.4. The van der Waals surface area contributed by atoms with Crippen molar-refractivity contribution < 1.29 is 9.90 Å². The molecule has 0 aliphatic carbocycles. The number of allylic oxidation sites excluding steroid dienone is 1. The van der Waals surface area contributed by atoms with Gasteiger partial charge in [-0.3, -0.25) is 0 Å². The second kappa shape index (κ2) is 6.40. The molecule has 2 heterocycles. The monoisotopic (exact) mass is 340 g/mol. The van der Waals surface area contributed by atoms with Crippen LogP contribution in [-0.2, 0) is 5.41 Å². The molecular weight excluding hydrogens is 320 g/mol. The number of thioether (sulfide) groups is 1. The van der Waals surface area contributed by atoms with Crippen LogP contribution in [0.1, 0.15) is 54.5 Å². The van der Waals surface area contributed by atoms with Crippen molar-refractivity contribution in [1.82, 2.24) is 9.97 Å². The van der Waals surface area contributed by atoms with Crippen molar-refractivity contribution in [3.63, 3.8) is 0 Å². The van der Waals surface area contributed by atoms with Crippen LogP contribution in [0.5, 0.6) is 0 Å². The number of carboxylic acids is 1. The molecule has 1 aliphatic rings. The molecule has 1 aromatic carbocycles. The zero-order valence-electron chi connectivity index (χ0n) is 14.0. The quantitative estimate of drug-likeness (QED) is 0.891. The molecule has 1 aliphatic heterocycles. The van der Waals surface area contributed by atoms with Crippen LogP contribution in [0.4, 0.5) is 0 Å². The van der Waals surface area contributed by atoms with E-state index in [1.165, 1.54) is 40.6 Å². The van der Waals surface area contributed by atoms with Gasteiger partial charge in [0.05, 0.1) is 0 Å². The largest absolute Gasteiger partial charge is 0.475 e. The molecule has 4 nitrogen and oxygen atoms in total. The van der Waals surface area contributed by atoms with Crippen LogP contribution < -0.4 is 0 Å². The molecule has 0 atom stereocenters. The van der Waals surface area contributed by atoms with Gasteiger partial charge in [-0.2, -0.15) is 0 Å². The lowest BCUT2D eigenvalue weighted by atomic mass is 9.80. The smallest absolute Gasteiger partial charge is 0.373 e. The van der Waals surface area contributed by atoms with Gasteiger partial charge in [-0.25, -0.2) is 14.8 Å². The van der Waals surface area contributed by atoms with E-state index < -0.39 is 5.97 Å². The molecule has 0 unspecified atom stereocenters. The summed E-state index contributed by atoms with van der Waals surface area (Å²) in [6, 6.07) is 6.63. The van der Waals surface area contributed by atoms with Gasteiger partial charge >= 0.3 is 5.97 Å². The van der Waals surface area contributed by atoms with E-state index in [9.17, 15) is 4.79 Å². The summed E-state index contributed by atoms with van der Waals surface area (Å²) in [5, 5.41) is 8.85. The van der Waals surface area contributed by atoms with Crippen molar-refractivity contribution in [1.29, 1.82) is 0 Å². The molecule has 0 radical (unpaired) electrons. The van der Waals surface area contributed by atoms with E-state index >= 15 is 0 Å². The van der Waals surface area contributed by atoms with Crippen LogP contribution >= 0.6 is 11.8 Å². The molecule has 0 fully saturated rings. The highest BCUT2D eigenvalue weighted by Crippen LogP contribution is 2.42. The lowest BCUT2D eigenvalue weighted by Crippen LogP contribution is -2.22. The van der Waals surface area contributed by atoms with E-state index in [0.717, 1.165) is 11.1 Å². The summed E-state index contributed by atoms with van der Waals surface area (Å²) in [6.07, 6.45) is 6.24. The maximum atomic E-state index is 10.8. The maximum Gasteiger partial charge on any atom is 0.373 e. The van der Waals surface area contributed by atoms with E-state index in [-0.39, 0.29) is 11.2 Å². The number of hydrogen-bond donors (Lipinski definition) is 1. The van der Waals surface area contributed by atoms with Crippen LogP contribution in [0.25, 0.3) is 11.6 Å². The fourth-order valence-electron chi connectivity index (χ4n) is 2.84. The highest BCUT2D eigenvalue weighted by molar-refractivity contribution is 7.99. The Morgan fingerprint density at radius 3 is 2.67 bits per heavy atom. The number of carbonyl (C=O) groups is 1. The molecule has 0 saturated heterocycles. The van der Waals surface area contributed by atoms with Gasteiger partial charge in [0.15, 0.2) is 0 Å². The summed E-state index contributed by atoms with van der Waals surface area (Å²) in [5.74, 6) is -0.129. The Hall–Kier alpha value is -2.14. The number of fused-ring (bicyclic) bond motifs is 1. The normalized spacial score (nSPS) is 16.5. The average Bonchev–Trinajstić information content (AvgIpc) is 2.55. The molecule has 1 aromatic heterocycles. The van der Waals surface area contributed by atoms with E-state index in [0.29, 0.717) is 0 Å². The van der Waals surface area contributed by atoms with Crippen molar-refractivity contribution >= 4 is 29.4 Å². The van der Waals surface area contributed by atoms with E-state index in [1.54, 1.807) is 0 Å². The Morgan fingerprint density at radius 1 is 1.29 bits per heavy atom. The minimum atomic E-state index is -1.11. The summed E-state index contributed by atoms with van der Waals surface area (Å²) in [4.78, 5) is 19.9. The summed E-state index contributed by atoms with van der Waals surface area (Å²) in [5.41, 5.74) is 4.68. The molecule has 5 heteroatoms. The van der Waals surface area contributed by atoms with Crippen LogP contribution in [0.2, 0.25) is 0 Å². The third-order valence-corrected chi connectivity index (χ3v) is 5.47. The van der Waals surface area contributed by atoms with Crippen molar-refractivity contribution in [2.24, 2.45) is 0 Å². The number of aromatic carboxylic acids is 1. The highest BCUT2D eigenvalue weighted by atomic mass is 32.2. The third-order valence-electron chi connectivity index (χ3n) is 4.39. The van der Waals surface area contributed by atoms with Crippen molar-refractivity contribution in [2.45, 2.75) is 37.5 Å². The predicted octanol–water partition coefficient (Wildman–Crippen LogP) is 4.51. The molecule has 0 saturated carbocycles. The summed E-state index contributed by atoms with van der Waals surface area (Å²) < 4.78 is 0. The van der Waals surface area contributed by atoms with Crippen LogP contribution in [0, 0.1) is 0 Å². The molecule has 0 amide bonds. The third kappa shape index (κ3) is 3.36. The first-order valence-electron chi connectivity index (χ1n) is 7.88. The predicted molar refractivity (Wildman–Crippen MR) is 97.3 cm³/mol. The van der Waals surface area contributed by atoms with Gasteiger partial charge in [0.1, 0.15) is 0 Å². The minimum Gasteiger partial charge on any atom is -0.475 e. The highest BCUT2D eigenvalue weighted by Gasteiger charge is 2.27. The van der Waals surface area contributed by atoms with Crippen LogP contribution in [0.15, 0.2) is 35.5 Å². The van der Waals surface area contributed by atoms with Gasteiger partial charge in [0, 0.05) is 22.9 Å². The first-order valence-corrected chi connectivity index (χ1v) is 8.87. The van der Waals surface area contributed by atoms with Crippen molar-refractivity contribution in [3.8, 4) is 0 Å². The SMILES string of the molecule is CC(=Cc1cnc(C(=O)O)nc1)c1ccc2c(c1)C(C)(C)CCS2. The minimum absolute atomic E-state index is 0.183. The van der Waals surface area contributed by atoms with Crippen LogP contribution in [-0.4, -0.2) is 26.8 Å². The fourth-order valence-corrected chi connectivity index (χ4v) is 4.32. The second-order valence-corrected chi connectivity index (χ2v) is 7.80. The molecule has 2 aromatic rings. The van der Waals surface area contributed by atoms with Crippen molar-refractivity contribution in [2.75, 3.05) is 5.75 Å². The standard InChI is InChI=1S/C19H20N2O2S/c1-12(8-13-10-20-17(18(22)23)21-11-13)14-4-5-16-15(9-14)19(2,3)6-7-24-16/h4-5,8-11H,6-7H2,1-3H3,(H,22,23). The molecule has 0 bridgehead atoms. The first kappa shape index (κ1) is 16.7.